The minimum absolute atomic E-state index is 0.0217. The summed E-state index contributed by atoms with van der Waals surface area (Å²) >= 11 is 1.59. The van der Waals surface area contributed by atoms with Gasteiger partial charge in [-0.15, -0.1) is 11.3 Å². The molecule has 2 aromatic carbocycles. The first kappa shape index (κ1) is 20.9. The summed E-state index contributed by atoms with van der Waals surface area (Å²) in [5, 5.41) is 5.05. The van der Waals surface area contributed by atoms with Crippen LogP contribution >= 0.6 is 11.3 Å². The highest BCUT2D eigenvalue weighted by Crippen LogP contribution is 2.47. The largest absolute Gasteiger partial charge is 0.351 e. The number of hydrogen-bond donors (Lipinski definition) is 1. The van der Waals surface area contributed by atoms with Gasteiger partial charge in [0.25, 0.3) is 5.91 Å². The topological polar surface area (TPSA) is 49.4 Å². The highest BCUT2D eigenvalue weighted by molar-refractivity contribution is 7.10. The Bertz CT molecular complexity index is 1110. The van der Waals surface area contributed by atoms with E-state index >= 15 is 0 Å². The molecule has 1 fully saturated rings. The van der Waals surface area contributed by atoms with Crippen LogP contribution in [-0.4, -0.2) is 22.8 Å². The first-order valence-corrected chi connectivity index (χ1v) is 12.0. The normalized spacial score (nSPS) is 20.9. The molecular formula is C26H25FN2O2S. The van der Waals surface area contributed by atoms with E-state index in [0.29, 0.717) is 12.1 Å². The number of amides is 2. The number of halogens is 1. The van der Waals surface area contributed by atoms with Crippen LogP contribution in [0.4, 0.5) is 4.39 Å². The van der Waals surface area contributed by atoms with E-state index in [-0.39, 0.29) is 29.7 Å². The molecule has 1 aromatic heterocycles. The fourth-order valence-electron chi connectivity index (χ4n) is 5.08. The molecule has 164 valence electrons. The molecule has 1 aliphatic heterocycles. The maximum Gasteiger partial charge on any atom is 0.254 e. The first-order chi connectivity index (χ1) is 15.6. The van der Waals surface area contributed by atoms with Crippen LogP contribution < -0.4 is 5.32 Å². The molecule has 2 heterocycles. The van der Waals surface area contributed by atoms with E-state index in [9.17, 15) is 14.0 Å². The molecule has 2 unspecified atom stereocenters. The van der Waals surface area contributed by atoms with Gasteiger partial charge < -0.3 is 10.2 Å². The lowest BCUT2D eigenvalue weighted by Crippen LogP contribution is -2.50. The Balaban J connectivity index is 1.53. The number of nitrogens with zero attached hydrogens (tertiary/aromatic N) is 1. The molecule has 0 radical (unpaired) electrons. The lowest BCUT2D eigenvalue weighted by Gasteiger charge is -2.44. The van der Waals surface area contributed by atoms with Gasteiger partial charge in [-0.05, 0) is 53.6 Å². The number of hydrogen-bond acceptors (Lipinski definition) is 3. The van der Waals surface area contributed by atoms with Crippen LogP contribution in [0, 0.1) is 5.82 Å². The second kappa shape index (κ2) is 8.87. The quantitative estimate of drug-likeness (QED) is 0.566. The van der Waals surface area contributed by atoms with E-state index in [4.69, 9.17) is 0 Å². The highest BCUT2D eigenvalue weighted by atomic mass is 32.1. The Morgan fingerprint density at radius 1 is 1.03 bits per heavy atom. The van der Waals surface area contributed by atoms with Crippen LogP contribution in [0.1, 0.15) is 64.0 Å². The Morgan fingerprint density at radius 2 is 1.78 bits per heavy atom. The molecule has 32 heavy (non-hydrogen) atoms. The van der Waals surface area contributed by atoms with Crippen LogP contribution in [-0.2, 0) is 11.3 Å². The number of nitrogens with one attached hydrogen (secondary N) is 1. The monoisotopic (exact) mass is 448 g/mol. The fraction of sp³-hybridized carbons (Fsp3) is 0.308. The van der Waals surface area contributed by atoms with Crippen LogP contribution in [0.3, 0.4) is 0 Å². The molecule has 2 atom stereocenters. The number of fused-ring (bicyclic) bond motifs is 1. The van der Waals surface area contributed by atoms with Gasteiger partial charge >= 0.3 is 0 Å². The van der Waals surface area contributed by atoms with E-state index in [0.717, 1.165) is 41.7 Å². The van der Waals surface area contributed by atoms with Crippen molar-refractivity contribution in [3.05, 3.63) is 93.4 Å². The molecule has 0 saturated heterocycles. The zero-order valence-electron chi connectivity index (χ0n) is 17.7. The van der Waals surface area contributed by atoms with Crippen molar-refractivity contribution in [3.8, 4) is 0 Å². The van der Waals surface area contributed by atoms with Crippen molar-refractivity contribution in [3.63, 3.8) is 0 Å². The fourth-order valence-corrected chi connectivity index (χ4v) is 5.94. The molecule has 1 N–H and O–H groups in total. The summed E-state index contributed by atoms with van der Waals surface area (Å²) in [5.41, 5.74) is 2.23. The third-order valence-electron chi connectivity index (χ3n) is 6.59. The molecule has 4 nitrogen and oxygen atoms in total. The molecule has 2 amide bonds. The van der Waals surface area contributed by atoms with Gasteiger partial charge in [0.2, 0.25) is 5.91 Å². The summed E-state index contributed by atoms with van der Waals surface area (Å²) < 4.78 is 13.3. The summed E-state index contributed by atoms with van der Waals surface area (Å²) in [6.45, 7) is 0.312. The summed E-state index contributed by atoms with van der Waals surface area (Å²) in [6.07, 6.45) is 4.16. The van der Waals surface area contributed by atoms with Crippen molar-refractivity contribution >= 4 is 23.2 Å². The van der Waals surface area contributed by atoms with Crippen LogP contribution in [0.25, 0.3) is 0 Å². The number of benzene rings is 2. The van der Waals surface area contributed by atoms with Crippen LogP contribution in [0.5, 0.6) is 0 Å². The molecular weight excluding hydrogens is 423 g/mol. The molecule has 5 rings (SSSR count). The zero-order valence-corrected chi connectivity index (χ0v) is 18.5. The van der Waals surface area contributed by atoms with Crippen molar-refractivity contribution in [2.75, 3.05) is 0 Å². The molecule has 1 aliphatic carbocycles. The standard InChI is InChI=1S/C26H25FN2O2S/c27-18-13-11-17(12-14-18)16-28-25(30)23-20-8-3-4-9-21(20)26(31)29(19-6-1-2-7-19)24(23)22-10-5-15-32-22/h3-5,8-15,19,23-24H,1-2,6-7,16H2,(H,28,30). The lowest BCUT2D eigenvalue weighted by molar-refractivity contribution is -0.124. The van der Waals surface area contributed by atoms with Gasteiger partial charge in [0.1, 0.15) is 5.82 Å². The second-order valence-electron chi connectivity index (χ2n) is 8.52. The third-order valence-corrected chi connectivity index (χ3v) is 7.53. The van der Waals surface area contributed by atoms with Crippen molar-refractivity contribution in [1.29, 1.82) is 0 Å². The number of thiophene rings is 1. The van der Waals surface area contributed by atoms with Gasteiger partial charge in [-0.2, -0.15) is 0 Å². The van der Waals surface area contributed by atoms with E-state index in [1.165, 1.54) is 12.1 Å². The molecule has 6 heteroatoms. The minimum Gasteiger partial charge on any atom is -0.351 e. The first-order valence-electron chi connectivity index (χ1n) is 11.1. The van der Waals surface area contributed by atoms with Crippen LogP contribution in [0.15, 0.2) is 66.0 Å². The summed E-state index contributed by atoms with van der Waals surface area (Å²) in [5.74, 6) is -0.891. The van der Waals surface area contributed by atoms with Gasteiger partial charge in [-0.25, -0.2) is 4.39 Å². The Labute approximate surface area is 191 Å². The lowest BCUT2D eigenvalue weighted by atomic mass is 9.80. The predicted octanol–water partition coefficient (Wildman–Crippen LogP) is 5.43. The maximum absolute atomic E-state index is 13.7. The summed E-state index contributed by atoms with van der Waals surface area (Å²) in [4.78, 5) is 30.3. The van der Waals surface area contributed by atoms with Crippen LogP contribution in [0.2, 0.25) is 0 Å². The van der Waals surface area contributed by atoms with Crippen molar-refractivity contribution in [1.82, 2.24) is 10.2 Å². The third kappa shape index (κ3) is 3.84. The summed E-state index contributed by atoms with van der Waals surface area (Å²) in [7, 11) is 0. The van der Waals surface area contributed by atoms with E-state index < -0.39 is 5.92 Å². The molecule has 2 aliphatic rings. The number of carbonyl (C=O) groups excluding carboxylic acids is 2. The van der Waals surface area contributed by atoms with Crippen molar-refractivity contribution < 1.29 is 14.0 Å². The Morgan fingerprint density at radius 3 is 2.50 bits per heavy atom. The Kier molecular flexibility index (Phi) is 5.79. The van der Waals surface area contributed by atoms with E-state index in [1.807, 2.05) is 46.7 Å². The van der Waals surface area contributed by atoms with Gasteiger partial charge in [-0.3, -0.25) is 9.59 Å². The van der Waals surface area contributed by atoms with E-state index in [2.05, 4.69) is 5.32 Å². The minimum atomic E-state index is -0.497. The molecule has 1 saturated carbocycles. The second-order valence-corrected chi connectivity index (χ2v) is 9.50. The summed E-state index contributed by atoms with van der Waals surface area (Å²) in [6, 6.07) is 17.5. The Hall–Kier alpha value is -2.99. The predicted molar refractivity (Wildman–Crippen MR) is 123 cm³/mol. The number of rotatable bonds is 5. The van der Waals surface area contributed by atoms with Gasteiger partial charge in [0.15, 0.2) is 0 Å². The van der Waals surface area contributed by atoms with Gasteiger partial charge in [-0.1, -0.05) is 49.2 Å². The zero-order chi connectivity index (χ0) is 22.1. The molecule has 0 bridgehead atoms. The average molecular weight is 449 g/mol. The van der Waals surface area contributed by atoms with E-state index in [1.54, 1.807) is 23.5 Å². The molecule has 3 aromatic rings. The van der Waals surface area contributed by atoms with Gasteiger partial charge in [0, 0.05) is 23.0 Å². The average Bonchev–Trinajstić information content (AvgIpc) is 3.53. The highest BCUT2D eigenvalue weighted by Gasteiger charge is 2.47. The van der Waals surface area contributed by atoms with Crippen molar-refractivity contribution in [2.24, 2.45) is 0 Å². The van der Waals surface area contributed by atoms with Crippen molar-refractivity contribution in [2.45, 2.75) is 50.2 Å². The number of carbonyl (C=O) groups is 2. The molecule has 0 spiro atoms. The SMILES string of the molecule is O=C(NCc1ccc(F)cc1)C1c2ccccc2C(=O)N(C2CCCC2)C1c1cccs1. The van der Waals surface area contributed by atoms with Gasteiger partial charge in [0.05, 0.1) is 12.0 Å². The maximum atomic E-state index is 13.7. The smallest absolute Gasteiger partial charge is 0.254 e.